The van der Waals surface area contributed by atoms with E-state index in [1.807, 2.05) is 6.20 Å². The van der Waals surface area contributed by atoms with Gasteiger partial charge in [0.1, 0.15) is 0 Å². The molecule has 21 heavy (non-hydrogen) atoms. The van der Waals surface area contributed by atoms with Crippen LogP contribution in [0.5, 0.6) is 0 Å². The van der Waals surface area contributed by atoms with E-state index in [-0.39, 0.29) is 0 Å². The van der Waals surface area contributed by atoms with E-state index in [0.29, 0.717) is 0 Å². The molecule has 1 rings (SSSR count). The predicted octanol–water partition coefficient (Wildman–Crippen LogP) is 3.91. The van der Waals surface area contributed by atoms with Crippen molar-refractivity contribution in [3.05, 3.63) is 35.2 Å². The Morgan fingerprint density at radius 3 is 2.38 bits per heavy atom. The highest BCUT2D eigenvalue weighted by atomic mass is 15.2. The van der Waals surface area contributed by atoms with Gasteiger partial charge in [0.15, 0.2) is 0 Å². The van der Waals surface area contributed by atoms with Crippen molar-refractivity contribution in [2.75, 3.05) is 26.2 Å². The summed E-state index contributed by atoms with van der Waals surface area (Å²) in [5.41, 5.74) is 5.18. The smallest absolute Gasteiger partial charge is 0.0464 e. The van der Waals surface area contributed by atoms with Crippen LogP contribution in [0.3, 0.4) is 0 Å². The van der Waals surface area contributed by atoms with Gasteiger partial charge in [0.25, 0.3) is 0 Å². The number of nitrogens with zero attached hydrogens (tertiary/aromatic N) is 2. The monoisotopic (exact) mass is 289 g/mol. The highest BCUT2D eigenvalue weighted by Crippen LogP contribution is 2.23. The predicted molar refractivity (Wildman–Crippen MR) is 93.7 cm³/mol. The first-order chi connectivity index (χ1) is 10.2. The lowest BCUT2D eigenvalue weighted by molar-refractivity contribution is 0.298. The van der Waals surface area contributed by atoms with Crippen LogP contribution in [0.15, 0.2) is 40.2 Å². The van der Waals surface area contributed by atoms with E-state index in [0.717, 1.165) is 44.7 Å². The summed E-state index contributed by atoms with van der Waals surface area (Å²) in [4.78, 5) is 7.12. The van der Waals surface area contributed by atoms with Gasteiger partial charge in [-0.05, 0) is 39.2 Å². The molecule has 0 aromatic heterocycles. The van der Waals surface area contributed by atoms with Crippen LogP contribution in [0.2, 0.25) is 0 Å². The molecule has 3 nitrogen and oxygen atoms in total. The van der Waals surface area contributed by atoms with Crippen LogP contribution in [-0.2, 0) is 0 Å². The highest BCUT2D eigenvalue weighted by molar-refractivity contribution is 6.03. The first kappa shape index (κ1) is 17.7. The fraction of sp³-hybridized carbons (Fsp3) is 0.611. The maximum Gasteiger partial charge on any atom is 0.0464 e. The third kappa shape index (κ3) is 5.16. The summed E-state index contributed by atoms with van der Waals surface area (Å²) >= 11 is 0. The molecule has 1 fully saturated rings. The van der Waals surface area contributed by atoms with E-state index < -0.39 is 0 Å². The third-order valence-electron chi connectivity index (χ3n) is 3.97. The van der Waals surface area contributed by atoms with Gasteiger partial charge in [-0.15, -0.1) is 0 Å². The summed E-state index contributed by atoms with van der Waals surface area (Å²) in [6.07, 6.45) is 8.33. The number of rotatable bonds is 6. The zero-order valence-electron chi connectivity index (χ0n) is 14.4. The molecule has 0 amide bonds. The molecule has 1 aliphatic rings. The molecule has 0 aliphatic carbocycles. The second kappa shape index (κ2) is 9.56. The van der Waals surface area contributed by atoms with Crippen molar-refractivity contribution in [2.24, 2.45) is 4.99 Å². The van der Waals surface area contributed by atoms with Crippen molar-refractivity contribution in [2.45, 2.75) is 47.5 Å². The molecule has 0 unspecified atom stereocenters. The Morgan fingerprint density at radius 1 is 1.19 bits per heavy atom. The molecule has 118 valence electrons. The molecule has 3 heteroatoms. The topological polar surface area (TPSA) is 27.6 Å². The van der Waals surface area contributed by atoms with Crippen molar-refractivity contribution < 1.29 is 0 Å². The van der Waals surface area contributed by atoms with Gasteiger partial charge in [-0.2, -0.15) is 0 Å². The van der Waals surface area contributed by atoms with Gasteiger partial charge in [-0.3, -0.25) is 4.99 Å². The van der Waals surface area contributed by atoms with Crippen LogP contribution < -0.4 is 5.32 Å². The van der Waals surface area contributed by atoms with E-state index >= 15 is 0 Å². The van der Waals surface area contributed by atoms with Crippen molar-refractivity contribution in [3.8, 4) is 0 Å². The molecule has 1 N–H and O–H groups in total. The number of nitrogens with one attached hydrogen (secondary N) is 1. The number of hydrogen-bond donors (Lipinski definition) is 1. The van der Waals surface area contributed by atoms with E-state index in [2.05, 4.69) is 62.0 Å². The zero-order chi connectivity index (χ0) is 15.7. The van der Waals surface area contributed by atoms with Gasteiger partial charge in [0, 0.05) is 49.4 Å². The van der Waals surface area contributed by atoms with Crippen LogP contribution >= 0.6 is 0 Å². The maximum atomic E-state index is 4.64. The minimum Gasteiger partial charge on any atom is -0.372 e. The second-order valence-electron chi connectivity index (χ2n) is 5.37. The lowest BCUT2D eigenvalue weighted by Gasteiger charge is -2.32. The molecule has 0 spiro atoms. The molecule has 0 aromatic rings. The third-order valence-corrected chi connectivity index (χ3v) is 3.97. The van der Waals surface area contributed by atoms with E-state index in [9.17, 15) is 0 Å². The number of piperazine rings is 1. The van der Waals surface area contributed by atoms with Crippen molar-refractivity contribution in [1.82, 2.24) is 10.2 Å². The van der Waals surface area contributed by atoms with Gasteiger partial charge in [-0.25, -0.2) is 0 Å². The molecule has 0 atom stereocenters. The number of hydrogen-bond acceptors (Lipinski definition) is 3. The molecule has 1 saturated heterocycles. The van der Waals surface area contributed by atoms with Crippen LogP contribution in [-0.4, -0.2) is 36.8 Å². The van der Waals surface area contributed by atoms with Crippen LogP contribution in [0.1, 0.15) is 47.5 Å². The summed E-state index contributed by atoms with van der Waals surface area (Å²) < 4.78 is 0. The summed E-state index contributed by atoms with van der Waals surface area (Å²) in [7, 11) is 0. The van der Waals surface area contributed by atoms with Gasteiger partial charge in [-0.1, -0.05) is 26.0 Å². The zero-order valence-corrected chi connectivity index (χ0v) is 14.4. The molecule has 0 saturated carbocycles. The van der Waals surface area contributed by atoms with Crippen molar-refractivity contribution in [3.63, 3.8) is 0 Å². The van der Waals surface area contributed by atoms with E-state index in [4.69, 9.17) is 0 Å². The molecule has 1 aliphatic heterocycles. The molecule has 0 radical (unpaired) electrons. The van der Waals surface area contributed by atoms with Crippen LogP contribution in [0, 0.1) is 0 Å². The lowest BCUT2D eigenvalue weighted by atomic mass is 9.96. The van der Waals surface area contributed by atoms with Gasteiger partial charge >= 0.3 is 0 Å². The second-order valence-corrected chi connectivity index (χ2v) is 5.37. The number of aliphatic imine (C=N–C) groups is 1. The molecular weight excluding hydrogens is 258 g/mol. The summed E-state index contributed by atoms with van der Waals surface area (Å²) in [5.74, 6) is 0. The van der Waals surface area contributed by atoms with Crippen LogP contribution in [0.4, 0.5) is 0 Å². The Labute approximate surface area is 130 Å². The van der Waals surface area contributed by atoms with Gasteiger partial charge < -0.3 is 10.2 Å². The van der Waals surface area contributed by atoms with Gasteiger partial charge in [0.05, 0.1) is 0 Å². The number of allylic oxidation sites excluding steroid dienone is 5. The summed E-state index contributed by atoms with van der Waals surface area (Å²) in [6.45, 7) is 15.1. The average Bonchev–Trinajstić information content (AvgIpc) is 2.52. The molecule has 0 aromatic carbocycles. The quantitative estimate of drug-likeness (QED) is 0.593. The Kier molecular flexibility index (Phi) is 8.06. The standard InChI is InChI=1S/C18H31N3/c1-6-9-10-20-15(4)18(17(7-2)8-3)16(5)21-13-11-19-12-14-21/h7,9-10,19H,6,8,11-14H2,1-5H3/b10-9+,17-7-,18-16-,20-15+. The minimum absolute atomic E-state index is 1.02. The normalized spacial score (nSPS) is 19.2. The molecule has 0 bridgehead atoms. The Balaban J connectivity index is 3.17. The molecule has 1 heterocycles. The average molecular weight is 289 g/mol. The first-order valence-corrected chi connectivity index (χ1v) is 8.17. The Bertz CT molecular complexity index is 435. The fourth-order valence-electron chi connectivity index (χ4n) is 2.74. The minimum atomic E-state index is 1.02. The molecular formula is C18H31N3. The summed E-state index contributed by atoms with van der Waals surface area (Å²) in [5, 5.41) is 3.42. The van der Waals surface area contributed by atoms with E-state index in [1.165, 1.54) is 16.8 Å². The SMILES string of the molecule is C\C=C(CC)/C(C(/C)=N/C=C/CC)=C(/C)N1CCNCC1. The Hall–Kier alpha value is -1.35. The maximum absolute atomic E-state index is 4.64. The largest absolute Gasteiger partial charge is 0.372 e. The Morgan fingerprint density at radius 2 is 1.86 bits per heavy atom. The van der Waals surface area contributed by atoms with E-state index in [1.54, 1.807) is 0 Å². The highest BCUT2D eigenvalue weighted by Gasteiger charge is 2.17. The van der Waals surface area contributed by atoms with Crippen molar-refractivity contribution >= 4 is 5.71 Å². The van der Waals surface area contributed by atoms with Crippen molar-refractivity contribution in [1.29, 1.82) is 0 Å². The van der Waals surface area contributed by atoms with Crippen LogP contribution in [0.25, 0.3) is 0 Å². The fourth-order valence-corrected chi connectivity index (χ4v) is 2.74. The summed E-state index contributed by atoms with van der Waals surface area (Å²) in [6, 6.07) is 0. The lowest BCUT2D eigenvalue weighted by Crippen LogP contribution is -2.43. The first-order valence-electron chi connectivity index (χ1n) is 8.17. The van der Waals surface area contributed by atoms with Gasteiger partial charge in [0.2, 0.25) is 0 Å².